The summed E-state index contributed by atoms with van der Waals surface area (Å²) in [5.74, 6) is 0.730. The molecule has 1 aliphatic rings. The molecular weight excluding hydrogens is 308 g/mol. The molecule has 1 saturated heterocycles. The zero-order valence-corrected chi connectivity index (χ0v) is 14.5. The van der Waals surface area contributed by atoms with Crippen molar-refractivity contribution in [3.63, 3.8) is 0 Å². The first-order chi connectivity index (χ1) is 11.7. The lowest BCUT2D eigenvalue weighted by molar-refractivity contribution is 0.0526. The van der Waals surface area contributed by atoms with Gasteiger partial charge in [0.1, 0.15) is 23.5 Å². The molecule has 0 unspecified atom stereocenters. The number of hydrogen-bond acceptors (Lipinski definition) is 7. The van der Waals surface area contributed by atoms with Gasteiger partial charge in [-0.25, -0.2) is 14.8 Å². The number of nitrogens with one attached hydrogen (secondary N) is 1. The topological polar surface area (TPSA) is 80.5 Å². The minimum atomic E-state index is -0.400. The van der Waals surface area contributed by atoms with E-state index in [1.54, 1.807) is 13.8 Å². The van der Waals surface area contributed by atoms with E-state index in [0.717, 1.165) is 19.6 Å². The van der Waals surface area contributed by atoms with E-state index < -0.39 is 5.97 Å². The zero-order chi connectivity index (χ0) is 17.1. The van der Waals surface area contributed by atoms with Gasteiger partial charge in [0.15, 0.2) is 0 Å². The Morgan fingerprint density at radius 1 is 1.46 bits per heavy atom. The predicted octanol–water partition coefficient (Wildman–Crippen LogP) is 2.60. The van der Waals surface area contributed by atoms with Crippen LogP contribution in [-0.2, 0) is 4.74 Å². The lowest BCUT2D eigenvalue weighted by Gasteiger charge is -2.23. The van der Waals surface area contributed by atoms with Crippen molar-refractivity contribution < 1.29 is 13.9 Å². The van der Waals surface area contributed by atoms with Crippen LogP contribution in [0.4, 0.5) is 5.82 Å². The standard InChI is InChI=1S/C17H24N4O3/c1-4-21-8-6-7-12(21)9-18-15-14-13(17(22)23-5-2)11(3)24-16(14)20-10-19-15/h10,12H,4-9H2,1-3H3,(H,18,19,20)/t12-/m0/s1. The molecule has 0 amide bonds. The third-order valence-corrected chi connectivity index (χ3v) is 4.55. The molecule has 1 atom stereocenters. The summed E-state index contributed by atoms with van der Waals surface area (Å²) in [5.41, 5.74) is 0.820. The smallest absolute Gasteiger partial charge is 0.342 e. The van der Waals surface area contributed by atoms with Gasteiger partial charge in [-0.05, 0) is 39.8 Å². The highest BCUT2D eigenvalue weighted by molar-refractivity contribution is 6.07. The van der Waals surface area contributed by atoms with E-state index in [4.69, 9.17) is 9.15 Å². The van der Waals surface area contributed by atoms with Gasteiger partial charge in [0.2, 0.25) is 5.71 Å². The number of carbonyl (C=O) groups excluding carboxylic acids is 1. The van der Waals surface area contributed by atoms with Crippen LogP contribution >= 0.6 is 0 Å². The number of aromatic nitrogens is 2. The van der Waals surface area contributed by atoms with Gasteiger partial charge in [-0.2, -0.15) is 0 Å². The van der Waals surface area contributed by atoms with Gasteiger partial charge < -0.3 is 14.5 Å². The molecule has 0 radical (unpaired) electrons. The summed E-state index contributed by atoms with van der Waals surface area (Å²) in [6, 6.07) is 0.485. The van der Waals surface area contributed by atoms with Gasteiger partial charge in [-0.15, -0.1) is 0 Å². The number of anilines is 1. The van der Waals surface area contributed by atoms with Crippen LogP contribution in [0.25, 0.3) is 11.1 Å². The average Bonchev–Trinajstić information content (AvgIpc) is 3.15. The van der Waals surface area contributed by atoms with Crippen LogP contribution in [0, 0.1) is 6.92 Å². The van der Waals surface area contributed by atoms with Crippen LogP contribution in [-0.4, -0.2) is 53.1 Å². The minimum Gasteiger partial charge on any atom is -0.462 e. The minimum absolute atomic E-state index is 0.314. The lowest BCUT2D eigenvalue weighted by atomic mass is 10.1. The predicted molar refractivity (Wildman–Crippen MR) is 91.3 cm³/mol. The third kappa shape index (κ3) is 3.08. The van der Waals surface area contributed by atoms with Crippen LogP contribution in [0.2, 0.25) is 0 Å². The maximum Gasteiger partial charge on any atom is 0.342 e. The Morgan fingerprint density at radius 2 is 2.29 bits per heavy atom. The molecule has 1 aliphatic heterocycles. The molecule has 3 rings (SSSR count). The fourth-order valence-corrected chi connectivity index (χ4v) is 3.38. The summed E-state index contributed by atoms with van der Waals surface area (Å²) in [7, 11) is 0. The van der Waals surface area contributed by atoms with Crippen molar-refractivity contribution in [2.45, 2.75) is 39.7 Å². The summed E-state index contributed by atoms with van der Waals surface area (Å²) in [6.07, 6.45) is 3.84. The molecule has 7 nitrogen and oxygen atoms in total. The molecule has 0 aliphatic carbocycles. The van der Waals surface area contributed by atoms with Crippen molar-refractivity contribution in [1.29, 1.82) is 0 Å². The fraction of sp³-hybridized carbons (Fsp3) is 0.588. The molecule has 2 aromatic rings. The number of ether oxygens (including phenoxy) is 1. The second-order valence-electron chi connectivity index (χ2n) is 5.96. The van der Waals surface area contributed by atoms with E-state index in [9.17, 15) is 4.79 Å². The Hall–Kier alpha value is -2.15. The summed E-state index contributed by atoms with van der Waals surface area (Å²) in [4.78, 5) is 23.2. The maximum absolute atomic E-state index is 12.3. The largest absolute Gasteiger partial charge is 0.462 e. The van der Waals surface area contributed by atoms with E-state index in [2.05, 4.69) is 27.1 Å². The first-order valence-corrected chi connectivity index (χ1v) is 8.54. The number of rotatable bonds is 6. The summed E-state index contributed by atoms with van der Waals surface area (Å²) < 4.78 is 10.8. The molecule has 24 heavy (non-hydrogen) atoms. The Labute approximate surface area is 141 Å². The molecule has 0 saturated carbocycles. The maximum atomic E-state index is 12.3. The number of fused-ring (bicyclic) bond motifs is 1. The molecule has 2 aromatic heterocycles. The van der Waals surface area contributed by atoms with Crippen LogP contribution < -0.4 is 5.32 Å². The monoisotopic (exact) mass is 332 g/mol. The molecule has 7 heteroatoms. The van der Waals surface area contributed by atoms with Gasteiger partial charge in [0.05, 0.1) is 12.0 Å². The molecule has 0 bridgehead atoms. The van der Waals surface area contributed by atoms with Crippen molar-refractivity contribution in [3.05, 3.63) is 17.7 Å². The normalized spacial score (nSPS) is 18.2. The second kappa shape index (κ2) is 7.17. The highest BCUT2D eigenvalue weighted by Gasteiger charge is 2.26. The van der Waals surface area contributed by atoms with Crippen molar-refractivity contribution in [3.8, 4) is 0 Å². The molecule has 1 N–H and O–H groups in total. The quantitative estimate of drug-likeness (QED) is 0.814. The van der Waals surface area contributed by atoms with Crippen LogP contribution in [0.15, 0.2) is 10.7 Å². The number of likely N-dealkylation sites (N-methyl/N-ethyl adjacent to an activating group) is 1. The van der Waals surface area contributed by atoms with Gasteiger partial charge in [0, 0.05) is 12.6 Å². The molecule has 130 valence electrons. The Kier molecular flexibility index (Phi) is 4.99. The number of likely N-dealkylation sites (tertiary alicyclic amines) is 1. The summed E-state index contributed by atoms with van der Waals surface area (Å²) >= 11 is 0. The number of aryl methyl sites for hydroxylation is 1. The highest BCUT2D eigenvalue weighted by Crippen LogP contribution is 2.30. The Morgan fingerprint density at radius 3 is 3.04 bits per heavy atom. The number of nitrogens with zero attached hydrogens (tertiary/aromatic N) is 3. The first-order valence-electron chi connectivity index (χ1n) is 8.54. The number of esters is 1. The average molecular weight is 332 g/mol. The molecule has 3 heterocycles. The molecule has 0 aromatic carbocycles. The van der Waals surface area contributed by atoms with E-state index in [-0.39, 0.29) is 0 Å². The van der Waals surface area contributed by atoms with Crippen LogP contribution in [0.5, 0.6) is 0 Å². The van der Waals surface area contributed by atoms with Crippen molar-refractivity contribution in [1.82, 2.24) is 14.9 Å². The zero-order valence-electron chi connectivity index (χ0n) is 14.5. The summed E-state index contributed by atoms with van der Waals surface area (Å²) in [5, 5.41) is 3.99. The van der Waals surface area contributed by atoms with Crippen molar-refractivity contribution >= 4 is 22.9 Å². The Balaban J connectivity index is 1.89. The molecule has 1 fully saturated rings. The molecule has 0 spiro atoms. The lowest BCUT2D eigenvalue weighted by Crippen LogP contribution is -2.34. The number of hydrogen-bond donors (Lipinski definition) is 1. The van der Waals surface area contributed by atoms with Gasteiger partial charge in [-0.1, -0.05) is 6.92 Å². The number of furan rings is 1. The van der Waals surface area contributed by atoms with Crippen LogP contribution in [0.3, 0.4) is 0 Å². The first kappa shape index (κ1) is 16.7. The van der Waals surface area contributed by atoms with E-state index in [0.29, 0.717) is 40.9 Å². The number of carbonyl (C=O) groups is 1. The van der Waals surface area contributed by atoms with Gasteiger partial charge in [0.25, 0.3) is 0 Å². The third-order valence-electron chi connectivity index (χ3n) is 4.55. The molecular formula is C17H24N4O3. The van der Waals surface area contributed by atoms with Gasteiger partial charge >= 0.3 is 5.97 Å². The van der Waals surface area contributed by atoms with E-state index in [1.807, 2.05) is 0 Å². The second-order valence-corrected chi connectivity index (χ2v) is 5.96. The SMILES string of the molecule is CCOC(=O)c1c(C)oc2ncnc(NC[C@@H]3CCCN3CC)c12. The summed E-state index contributed by atoms with van der Waals surface area (Å²) in [6.45, 7) is 8.99. The van der Waals surface area contributed by atoms with Crippen molar-refractivity contribution in [2.24, 2.45) is 0 Å². The highest BCUT2D eigenvalue weighted by atomic mass is 16.5. The van der Waals surface area contributed by atoms with Crippen LogP contribution in [0.1, 0.15) is 42.8 Å². The van der Waals surface area contributed by atoms with Gasteiger partial charge in [-0.3, -0.25) is 4.90 Å². The fourth-order valence-electron chi connectivity index (χ4n) is 3.38. The Bertz CT molecular complexity index is 728. The van der Waals surface area contributed by atoms with Crippen molar-refractivity contribution in [2.75, 3.05) is 31.6 Å². The van der Waals surface area contributed by atoms with E-state index >= 15 is 0 Å². The van der Waals surface area contributed by atoms with E-state index in [1.165, 1.54) is 19.2 Å².